The zero-order valence-electron chi connectivity index (χ0n) is 14.1. The van der Waals surface area contributed by atoms with Gasteiger partial charge in [0.15, 0.2) is 17.4 Å². The number of rotatable bonds is 5. The van der Waals surface area contributed by atoms with Crippen LogP contribution in [0.4, 0.5) is 0 Å². The van der Waals surface area contributed by atoms with Gasteiger partial charge in [-0.05, 0) is 42.3 Å². The second-order valence-corrected chi connectivity index (χ2v) is 6.67. The summed E-state index contributed by atoms with van der Waals surface area (Å²) in [6.45, 7) is 1.27. The molecule has 0 aliphatic carbocycles. The molecule has 0 bridgehead atoms. The number of benzene rings is 1. The first-order chi connectivity index (χ1) is 12.2. The van der Waals surface area contributed by atoms with Crippen LogP contribution in [-0.4, -0.2) is 34.2 Å². The Hall–Kier alpha value is -1.39. The first kappa shape index (κ1) is 20.9. The van der Waals surface area contributed by atoms with Crippen molar-refractivity contribution in [2.45, 2.75) is 13.0 Å². The molecule has 0 saturated heterocycles. The van der Waals surface area contributed by atoms with Crippen molar-refractivity contribution in [3.63, 3.8) is 0 Å². The average Bonchev–Trinajstić information content (AvgIpc) is 3.04. The van der Waals surface area contributed by atoms with Gasteiger partial charge in [0.25, 0.3) is 0 Å². The predicted molar refractivity (Wildman–Crippen MR) is 119 cm³/mol. The largest absolute Gasteiger partial charge is 0.356 e. The van der Waals surface area contributed by atoms with Gasteiger partial charge in [-0.25, -0.2) is 0 Å². The van der Waals surface area contributed by atoms with Crippen LogP contribution in [0.25, 0.3) is 5.65 Å². The molecule has 0 atom stereocenters. The number of halogens is 3. The summed E-state index contributed by atoms with van der Waals surface area (Å²) in [6.07, 6.45) is 2.77. The third-order valence-electron chi connectivity index (χ3n) is 3.72. The van der Waals surface area contributed by atoms with Crippen molar-refractivity contribution in [3.8, 4) is 0 Å². The van der Waals surface area contributed by atoms with Gasteiger partial charge in [-0.3, -0.25) is 9.39 Å². The molecule has 2 aromatic heterocycles. The molecule has 0 fully saturated rings. The van der Waals surface area contributed by atoms with Crippen molar-refractivity contribution >= 4 is 63.1 Å². The number of aliphatic imine (C=N–C) groups is 1. The lowest BCUT2D eigenvalue weighted by Gasteiger charge is -2.12. The first-order valence-corrected chi connectivity index (χ1v) is 9.01. The van der Waals surface area contributed by atoms with Crippen molar-refractivity contribution in [3.05, 3.63) is 63.5 Å². The monoisotopic (exact) mass is 548 g/mol. The number of guanidine groups is 1. The normalized spacial score (nSPS) is 11.3. The van der Waals surface area contributed by atoms with E-state index in [2.05, 4.69) is 41.8 Å². The van der Waals surface area contributed by atoms with Gasteiger partial charge in [0.05, 0.1) is 6.54 Å². The highest BCUT2D eigenvalue weighted by Crippen LogP contribution is 2.21. The lowest BCUT2D eigenvalue weighted by atomic mass is 10.1. The highest BCUT2D eigenvalue weighted by atomic mass is 127. The van der Waals surface area contributed by atoms with Crippen molar-refractivity contribution in [1.29, 1.82) is 0 Å². The molecule has 1 aromatic carbocycles. The Morgan fingerprint density at radius 3 is 2.88 bits per heavy atom. The van der Waals surface area contributed by atoms with Crippen molar-refractivity contribution in [1.82, 2.24) is 25.2 Å². The van der Waals surface area contributed by atoms with Gasteiger partial charge in [0, 0.05) is 29.3 Å². The zero-order chi connectivity index (χ0) is 17.6. The van der Waals surface area contributed by atoms with Crippen LogP contribution in [0.2, 0.25) is 5.02 Å². The van der Waals surface area contributed by atoms with E-state index in [-0.39, 0.29) is 24.0 Å². The molecule has 0 saturated carbocycles. The van der Waals surface area contributed by atoms with E-state index in [0.717, 1.165) is 39.5 Å². The van der Waals surface area contributed by atoms with E-state index in [0.29, 0.717) is 12.5 Å². The third kappa shape index (κ3) is 5.31. The summed E-state index contributed by atoms with van der Waals surface area (Å²) in [5.74, 6) is 1.54. The molecular weight excluding hydrogens is 530 g/mol. The molecule has 0 aliphatic rings. The molecule has 2 N–H and O–H groups in total. The molecule has 26 heavy (non-hydrogen) atoms. The molecule has 6 nitrogen and oxygen atoms in total. The molecule has 0 spiro atoms. The second-order valence-electron chi connectivity index (χ2n) is 5.38. The zero-order valence-corrected chi connectivity index (χ0v) is 18.8. The Bertz CT molecular complexity index is 898. The average molecular weight is 550 g/mol. The van der Waals surface area contributed by atoms with Gasteiger partial charge in [0.1, 0.15) is 0 Å². The van der Waals surface area contributed by atoms with Crippen LogP contribution in [0, 0.1) is 0 Å². The van der Waals surface area contributed by atoms with Gasteiger partial charge in [0.2, 0.25) is 0 Å². The topological polar surface area (TPSA) is 66.6 Å². The summed E-state index contributed by atoms with van der Waals surface area (Å²) in [5.41, 5.74) is 1.98. The Labute approximate surface area is 182 Å². The summed E-state index contributed by atoms with van der Waals surface area (Å²) < 4.78 is 3.00. The van der Waals surface area contributed by atoms with Gasteiger partial charge in [-0.1, -0.05) is 33.6 Å². The number of pyridine rings is 1. The summed E-state index contributed by atoms with van der Waals surface area (Å²) in [4.78, 5) is 4.24. The summed E-state index contributed by atoms with van der Waals surface area (Å²) >= 11 is 9.59. The quantitative estimate of drug-likeness (QED) is 0.290. The van der Waals surface area contributed by atoms with Crippen molar-refractivity contribution in [2.24, 2.45) is 4.99 Å². The highest BCUT2D eigenvalue weighted by Gasteiger charge is 2.06. The Morgan fingerprint density at radius 1 is 1.23 bits per heavy atom. The van der Waals surface area contributed by atoms with Crippen molar-refractivity contribution < 1.29 is 0 Å². The van der Waals surface area contributed by atoms with E-state index in [1.165, 1.54) is 0 Å². The van der Waals surface area contributed by atoms with E-state index in [1.807, 2.05) is 47.0 Å². The van der Waals surface area contributed by atoms with Crippen LogP contribution in [0.5, 0.6) is 0 Å². The highest BCUT2D eigenvalue weighted by molar-refractivity contribution is 14.0. The maximum atomic E-state index is 6.05. The fourth-order valence-electron chi connectivity index (χ4n) is 2.45. The minimum Gasteiger partial charge on any atom is -0.356 e. The standard InChI is InChI=1S/C17H18BrClN6.HI/c1-20-17(21-8-7-12-10-13(19)5-6-14(12)18)22-11-16-24-23-15-4-2-3-9-25(15)16;/h2-6,9-10H,7-8,11H2,1H3,(H2,20,21,22);1H. The molecule has 2 heterocycles. The molecule has 0 amide bonds. The molecule has 0 radical (unpaired) electrons. The fraction of sp³-hybridized carbons (Fsp3) is 0.235. The molecule has 0 unspecified atom stereocenters. The smallest absolute Gasteiger partial charge is 0.191 e. The number of fused-ring (bicyclic) bond motifs is 1. The van der Waals surface area contributed by atoms with Crippen LogP contribution >= 0.6 is 51.5 Å². The molecule has 0 aliphatic heterocycles. The van der Waals surface area contributed by atoms with Gasteiger partial charge < -0.3 is 10.6 Å². The van der Waals surface area contributed by atoms with E-state index in [1.54, 1.807) is 7.05 Å². The van der Waals surface area contributed by atoms with E-state index >= 15 is 0 Å². The Balaban J connectivity index is 0.00000243. The summed E-state index contributed by atoms with van der Waals surface area (Å²) in [5, 5.41) is 15.6. The molecule has 3 rings (SSSR count). The van der Waals surface area contributed by atoms with Gasteiger partial charge in [-0.2, -0.15) is 0 Å². The van der Waals surface area contributed by atoms with Crippen LogP contribution in [0.3, 0.4) is 0 Å². The van der Waals surface area contributed by atoms with E-state index in [4.69, 9.17) is 11.6 Å². The maximum absolute atomic E-state index is 6.05. The molecule has 9 heteroatoms. The molecule has 3 aromatic rings. The number of aromatic nitrogens is 3. The SMILES string of the molecule is CN=C(NCCc1cc(Cl)ccc1Br)NCc1nnc2ccccn12.I. The second kappa shape index (κ2) is 10.1. The Kier molecular flexibility index (Phi) is 8.11. The summed E-state index contributed by atoms with van der Waals surface area (Å²) in [6, 6.07) is 11.6. The Morgan fingerprint density at radius 2 is 2.08 bits per heavy atom. The lowest BCUT2D eigenvalue weighted by Crippen LogP contribution is -2.38. The lowest BCUT2D eigenvalue weighted by molar-refractivity contribution is 0.757. The van der Waals surface area contributed by atoms with Crippen LogP contribution < -0.4 is 10.6 Å². The fourth-order valence-corrected chi connectivity index (χ4v) is 3.08. The number of nitrogens with one attached hydrogen (secondary N) is 2. The third-order valence-corrected chi connectivity index (χ3v) is 4.73. The summed E-state index contributed by atoms with van der Waals surface area (Å²) in [7, 11) is 1.74. The van der Waals surface area contributed by atoms with Gasteiger partial charge in [-0.15, -0.1) is 34.2 Å². The van der Waals surface area contributed by atoms with Crippen LogP contribution in [0.1, 0.15) is 11.4 Å². The van der Waals surface area contributed by atoms with Crippen molar-refractivity contribution in [2.75, 3.05) is 13.6 Å². The molecular formula is C17H19BrClIN6. The minimum absolute atomic E-state index is 0. The number of hydrogen-bond acceptors (Lipinski definition) is 3. The van der Waals surface area contributed by atoms with Crippen LogP contribution in [0.15, 0.2) is 52.1 Å². The number of hydrogen-bond donors (Lipinski definition) is 2. The predicted octanol–water partition coefficient (Wildman–Crippen LogP) is 3.67. The van der Waals surface area contributed by atoms with E-state index in [9.17, 15) is 0 Å². The molecule has 138 valence electrons. The first-order valence-electron chi connectivity index (χ1n) is 7.84. The van der Waals surface area contributed by atoms with Gasteiger partial charge >= 0.3 is 0 Å². The van der Waals surface area contributed by atoms with Crippen LogP contribution in [-0.2, 0) is 13.0 Å². The minimum atomic E-state index is 0. The maximum Gasteiger partial charge on any atom is 0.191 e. The number of nitrogens with zero attached hydrogens (tertiary/aromatic N) is 4. The van der Waals surface area contributed by atoms with E-state index < -0.39 is 0 Å².